The molecule has 108 valence electrons. The summed E-state index contributed by atoms with van der Waals surface area (Å²) in [4.78, 5) is 12.4. The Hall–Kier alpha value is -2.34. The lowest BCUT2D eigenvalue weighted by atomic mass is 10.2. The predicted octanol–water partition coefficient (Wildman–Crippen LogP) is 3.50. The summed E-state index contributed by atoms with van der Waals surface area (Å²) in [5, 5.41) is 6.94. The number of thiophene rings is 1. The second-order valence-electron chi connectivity index (χ2n) is 4.24. The van der Waals surface area contributed by atoms with Crippen LogP contribution in [0.15, 0.2) is 40.2 Å². The molecular weight excluding hydrogens is 290 g/mol. The van der Waals surface area contributed by atoms with Gasteiger partial charge in [0.15, 0.2) is 12.4 Å². The molecule has 21 heavy (non-hydrogen) atoms. The van der Waals surface area contributed by atoms with Gasteiger partial charge in [-0.05, 0) is 30.5 Å². The van der Waals surface area contributed by atoms with Crippen molar-refractivity contribution in [1.29, 1.82) is 0 Å². The first-order valence-electron chi connectivity index (χ1n) is 6.50. The molecule has 0 amide bonds. The molecule has 2 heterocycles. The Morgan fingerprint density at radius 2 is 2.24 bits per heavy atom. The van der Waals surface area contributed by atoms with Crippen molar-refractivity contribution in [3.8, 4) is 16.3 Å². The molecule has 6 heteroatoms. The average Bonchev–Trinajstić information content (AvgIpc) is 3.14. The summed E-state index contributed by atoms with van der Waals surface area (Å²) in [5.74, 6) is 0.0726. The number of esters is 1. The smallest absolute Gasteiger partial charge is 0.344 e. The number of ether oxygens (including phenoxy) is 2. The highest BCUT2D eigenvalue weighted by Crippen LogP contribution is 2.35. The molecule has 0 aliphatic heterocycles. The fourth-order valence-corrected chi connectivity index (χ4v) is 2.70. The molecule has 0 aliphatic carbocycles. The van der Waals surface area contributed by atoms with Gasteiger partial charge in [-0.25, -0.2) is 4.79 Å². The van der Waals surface area contributed by atoms with E-state index in [-0.39, 0.29) is 6.61 Å². The third kappa shape index (κ3) is 2.75. The second-order valence-corrected chi connectivity index (χ2v) is 5.18. The van der Waals surface area contributed by atoms with Crippen molar-refractivity contribution >= 4 is 28.3 Å². The summed E-state index contributed by atoms with van der Waals surface area (Å²) in [6.07, 6.45) is 0. The molecule has 3 rings (SSSR count). The van der Waals surface area contributed by atoms with E-state index in [1.165, 1.54) is 0 Å². The maximum absolute atomic E-state index is 11.4. The molecule has 1 aromatic carbocycles. The molecule has 0 unspecified atom stereocenters. The minimum atomic E-state index is -0.410. The largest absolute Gasteiger partial charge is 0.478 e. The van der Waals surface area contributed by atoms with E-state index < -0.39 is 5.97 Å². The highest BCUT2D eigenvalue weighted by molar-refractivity contribution is 7.13. The quantitative estimate of drug-likeness (QED) is 0.675. The Bertz CT molecular complexity index is 748. The van der Waals surface area contributed by atoms with Gasteiger partial charge >= 0.3 is 5.97 Å². The van der Waals surface area contributed by atoms with Crippen LogP contribution >= 0.6 is 11.3 Å². The summed E-state index contributed by atoms with van der Waals surface area (Å²) in [6, 6.07) is 9.44. The molecule has 0 atom stereocenters. The Morgan fingerprint density at radius 1 is 1.33 bits per heavy atom. The van der Waals surface area contributed by atoms with E-state index in [4.69, 9.17) is 14.0 Å². The number of hydrogen-bond acceptors (Lipinski definition) is 6. The number of hydrogen-bond donors (Lipinski definition) is 0. The van der Waals surface area contributed by atoms with Crippen LogP contribution in [-0.4, -0.2) is 24.3 Å². The van der Waals surface area contributed by atoms with Gasteiger partial charge in [0.2, 0.25) is 5.58 Å². The molecule has 0 saturated heterocycles. The maximum Gasteiger partial charge on any atom is 0.344 e. The van der Waals surface area contributed by atoms with E-state index in [1.807, 2.05) is 29.6 Å². The zero-order valence-corrected chi connectivity index (χ0v) is 12.2. The molecule has 0 radical (unpaired) electrons. The highest BCUT2D eigenvalue weighted by atomic mass is 32.1. The number of nitrogens with zero attached hydrogens (tertiary/aromatic N) is 1. The molecule has 2 aromatic heterocycles. The summed E-state index contributed by atoms with van der Waals surface area (Å²) in [7, 11) is 0. The van der Waals surface area contributed by atoms with Gasteiger partial charge in [-0.1, -0.05) is 17.3 Å². The number of benzene rings is 1. The van der Waals surface area contributed by atoms with E-state index >= 15 is 0 Å². The van der Waals surface area contributed by atoms with E-state index in [9.17, 15) is 4.79 Å². The van der Waals surface area contributed by atoms with Crippen molar-refractivity contribution in [2.45, 2.75) is 6.92 Å². The van der Waals surface area contributed by atoms with E-state index in [0.717, 1.165) is 16.0 Å². The number of aromatic nitrogens is 1. The van der Waals surface area contributed by atoms with Gasteiger partial charge in [0.1, 0.15) is 5.69 Å². The lowest BCUT2D eigenvalue weighted by molar-refractivity contribution is -0.145. The summed E-state index contributed by atoms with van der Waals surface area (Å²) < 4.78 is 15.7. The van der Waals surface area contributed by atoms with Gasteiger partial charge in [0.05, 0.1) is 16.9 Å². The summed E-state index contributed by atoms with van der Waals surface area (Å²) in [6.45, 7) is 1.93. The minimum Gasteiger partial charge on any atom is -0.478 e. The summed E-state index contributed by atoms with van der Waals surface area (Å²) >= 11 is 1.59. The number of para-hydroxylation sites is 1. The van der Waals surface area contributed by atoms with Crippen LogP contribution in [0, 0.1) is 0 Å². The Morgan fingerprint density at radius 3 is 3.00 bits per heavy atom. The monoisotopic (exact) mass is 303 g/mol. The van der Waals surface area contributed by atoms with Gasteiger partial charge in [-0.3, -0.25) is 0 Å². The van der Waals surface area contributed by atoms with Crippen LogP contribution in [0.5, 0.6) is 5.75 Å². The zero-order chi connectivity index (χ0) is 14.7. The van der Waals surface area contributed by atoms with Crippen molar-refractivity contribution in [3.05, 3.63) is 35.7 Å². The van der Waals surface area contributed by atoms with Crippen LogP contribution < -0.4 is 4.74 Å². The molecule has 3 aromatic rings. The van der Waals surface area contributed by atoms with Gasteiger partial charge in [-0.2, -0.15) is 0 Å². The van der Waals surface area contributed by atoms with Crippen molar-refractivity contribution in [2.75, 3.05) is 13.2 Å². The third-order valence-electron chi connectivity index (χ3n) is 2.87. The highest BCUT2D eigenvalue weighted by Gasteiger charge is 2.15. The minimum absolute atomic E-state index is 0.151. The Labute approximate surface area is 125 Å². The van der Waals surface area contributed by atoms with Gasteiger partial charge in [-0.15, -0.1) is 11.3 Å². The molecule has 5 nitrogen and oxygen atoms in total. The fourth-order valence-electron chi connectivity index (χ4n) is 1.98. The lowest BCUT2D eigenvalue weighted by Crippen LogP contribution is -2.14. The SMILES string of the molecule is CCOC(=O)COc1cccc2c(-c3cccs3)noc12. The maximum atomic E-state index is 11.4. The Balaban J connectivity index is 1.89. The lowest BCUT2D eigenvalue weighted by Gasteiger charge is -2.05. The molecule has 0 saturated carbocycles. The molecule has 0 aliphatic rings. The molecule has 0 fully saturated rings. The van der Waals surface area contributed by atoms with Crippen LogP contribution in [0.2, 0.25) is 0 Å². The van der Waals surface area contributed by atoms with Gasteiger partial charge in [0.25, 0.3) is 0 Å². The molecule has 0 N–H and O–H groups in total. The molecule has 0 bridgehead atoms. The number of rotatable bonds is 5. The molecule has 0 spiro atoms. The number of fused-ring (bicyclic) bond motifs is 1. The first-order chi connectivity index (χ1) is 10.3. The second kappa shape index (κ2) is 5.97. The average molecular weight is 303 g/mol. The third-order valence-corrected chi connectivity index (χ3v) is 3.74. The first-order valence-corrected chi connectivity index (χ1v) is 7.38. The van der Waals surface area contributed by atoms with Gasteiger partial charge < -0.3 is 14.0 Å². The van der Waals surface area contributed by atoms with Crippen LogP contribution in [0.25, 0.3) is 21.5 Å². The van der Waals surface area contributed by atoms with Crippen LogP contribution in [-0.2, 0) is 9.53 Å². The Kier molecular flexibility index (Phi) is 3.87. The number of carbonyl (C=O) groups excluding carboxylic acids is 1. The topological polar surface area (TPSA) is 61.6 Å². The van der Waals surface area contributed by atoms with Crippen molar-refractivity contribution in [3.63, 3.8) is 0 Å². The zero-order valence-electron chi connectivity index (χ0n) is 11.4. The molecular formula is C15H13NO4S. The number of carbonyl (C=O) groups is 1. The summed E-state index contributed by atoms with van der Waals surface area (Å²) in [5.41, 5.74) is 1.31. The van der Waals surface area contributed by atoms with Crippen molar-refractivity contribution < 1.29 is 18.8 Å². The van der Waals surface area contributed by atoms with Crippen molar-refractivity contribution in [2.24, 2.45) is 0 Å². The predicted molar refractivity (Wildman–Crippen MR) is 79.5 cm³/mol. The van der Waals surface area contributed by atoms with Gasteiger partial charge in [0, 0.05) is 0 Å². The standard InChI is InChI=1S/C15H13NO4S/c1-2-18-13(17)9-19-11-6-3-5-10-14(16-20-15(10)11)12-7-4-8-21-12/h3-8H,2,9H2,1H3. The van der Waals surface area contributed by atoms with E-state index in [0.29, 0.717) is 17.9 Å². The van der Waals surface area contributed by atoms with E-state index in [2.05, 4.69) is 5.16 Å². The van der Waals surface area contributed by atoms with Crippen LogP contribution in [0.1, 0.15) is 6.92 Å². The van der Waals surface area contributed by atoms with E-state index in [1.54, 1.807) is 24.3 Å². The van der Waals surface area contributed by atoms with Crippen molar-refractivity contribution in [1.82, 2.24) is 5.16 Å². The fraction of sp³-hybridized carbons (Fsp3) is 0.200. The van der Waals surface area contributed by atoms with Crippen LogP contribution in [0.3, 0.4) is 0 Å². The normalized spacial score (nSPS) is 10.7. The first kappa shape index (κ1) is 13.6. The van der Waals surface area contributed by atoms with Crippen LogP contribution in [0.4, 0.5) is 0 Å².